The standard InChI is InChI=1S/C52H39N3S/c1-3-14-37-32(11-1)13-9-18-38(37)34-23-25-35(26-24-34)50-43-17-5-7-21-45(43)53-52(54-50)55-46-29-28-36(31-44(46)49-39-15-4-2-12-33(39)27-30-47(49)55)40-19-10-20-42-41-16-6-8-22-48(41)56-51(40)42/h1-7,10-17,19-21,23,25,28-29,31H,8-9,18,22,24,26-27,30H2. The molecule has 0 N–H and O–H groups in total. The summed E-state index contributed by atoms with van der Waals surface area (Å²) >= 11 is 1.98. The fraction of sp³-hybridized carbons (Fsp3) is 0.154. The zero-order valence-corrected chi connectivity index (χ0v) is 32.0. The number of hydrogen-bond acceptors (Lipinski definition) is 3. The summed E-state index contributed by atoms with van der Waals surface area (Å²) in [5, 5.41) is 6.53. The number of aryl methyl sites for hydroxylation is 2. The van der Waals surface area contributed by atoms with Crippen molar-refractivity contribution in [2.24, 2.45) is 0 Å². The molecule has 12 rings (SSSR count). The number of allylic oxidation sites excluding steroid dienone is 5. The second-order valence-corrected chi connectivity index (χ2v) is 16.8. The molecule has 56 heavy (non-hydrogen) atoms. The van der Waals surface area contributed by atoms with E-state index < -0.39 is 0 Å². The molecule has 3 aromatic heterocycles. The summed E-state index contributed by atoms with van der Waals surface area (Å²) in [6, 6.07) is 40.4. The van der Waals surface area contributed by atoms with Crippen molar-refractivity contribution in [2.45, 2.75) is 51.4 Å². The fourth-order valence-corrected chi connectivity index (χ4v) is 11.3. The molecule has 0 radical (unpaired) electrons. The first-order chi connectivity index (χ1) is 27.8. The molecule has 8 aromatic rings. The first kappa shape index (κ1) is 32.2. The Morgan fingerprint density at radius 2 is 1.46 bits per heavy atom. The molecule has 3 heterocycles. The maximum atomic E-state index is 5.55. The summed E-state index contributed by atoms with van der Waals surface area (Å²) < 4.78 is 3.79. The Hall–Kier alpha value is -6.10. The van der Waals surface area contributed by atoms with Crippen molar-refractivity contribution in [1.82, 2.24) is 14.5 Å². The van der Waals surface area contributed by atoms with Crippen molar-refractivity contribution in [3.8, 4) is 28.2 Å². The van der Waals surface area contributed by atoms with Crippen LogP contribution in [-0.4, -0.2) is 14.5 Å². The lowest BCUT2D eigenvalue weighted by Crippen LogP contribution is -2.29. The molecule has 5 aromatic carbocycles. The van der Waals surface area contributed by atoms with Gasteiger partial charge in [0, 0.05) is 37.0 Å². The van der Waals surface area contributed by atoms with Crippen LogP contribution >= 0.6 is 11.3 Å². The highest BCUT2D eigenvalue weighted by Crippen LogP contribution is 2.46. The van der Waals surface area contributed by atoms with Crippen molar-refractivity contribution < 1.29 is 0 Å². The number of benzene rings is 5. The summed E-state index contributed by atoms with van der Waals surface area (Å²) in [6.45, 7) is 0. The Morgan fingerprint density at radius 1 is 0.625 bits per heavy atom. The normalized spacial score (nSPS) is 15.9. The van der Waals surface area contributed by atoms with Gasteiger partial charge in [-0.3, -0.25) is 4.57 Å². The molecule has 3 nitrogen and oxygen atoms in total. The van der Waals surface area contributed by atoms with Gasteiger partial charge in [0.05, 0.1) is 16.7 Å². The van der Waals surface area contributed by atoms with E-state index in [2.05, 4.69) is 144 Å². The molecule has 4 aliphatic carbocycles. The maximum Gasteiger partial charge on any atom is 0.235 e. The molecule has 4 aliphatic rings. The highest BCUT2D eigenvalue weighted by atomic mass is 32.1. The first-order valence-electron chi connectivity index (χ1n) is 20.2. The Labute approximate surface area is 330 Å². The third-order valence-electron chi connectivity index (χ3n) is 12.6. The molecule has 0 fully saturated rings. The SMILES string of the molecule is C1=Cc2c(sc3c(-c4ccc5c(c4)c4c(n5-c5nc(C6=CC=C(C7=c8ccccc8=CCC7)CC6)c6ccccc6n5)CCc5ccccc5-4)cccc23)CC1. The summed E-state index contributed by atoms with van der Waals surface area (Å²) in [7, 11) is 0. The third-order valence-corrected chi connectivity index (χ3v) is 13.9. The van der Waals surface area contributed by atoms with Crippen molar-refractivity contribution in [3.05, 3.63) is 171 Å². The van der Waals surface area contributed by atoms with E-state index in [0.717, 1.165) is 73.9 Å². The highest BCUT2D eigenvalue weighted by molar-refractivity contribution is 7.20. The molecule has 0 spiro atoms. The van der Waals surface area contributed by atoms with Crippen molar-refractivity contribution in [1.29, 1.82) is 0 Å². The summed E-state index contributed by atoms with van der Waals surface area (Å²) in [6.07, 6.45) is 20.1. The fourth-order valence-electron chi connectivity index (χ4n) is 10.00. The molecular formula is C52H39N3S. The number of para-hydroxylation sites is 1. The quantitative estimate of drug-likeness (QED) is 0.180. The van der Waals surface area contributed by atoms with E-state index >= 15 is 0 Å². The van der Waals surface area contributed by atoms with Crippen LogP contribution in [0.3, 0.4) is 0 Å². The van der Waals surface area contributed by atoms with E-state index in [1.165, 1.54) is 92.1 Å². The minimum absolute atomic E-state index is 0.763. The van der Waals surface area contributed by atoms with Crippen LogP contribution in [0.4, 0.5) is 0 Å². The van der Waals surface area contributed by atoms with Gasteiger partial charge in [0.2, 0.25) is 5.95 Å². The number of nitrogens with zero attached hydrogens (tertiary/aromatic N) is 3. The van der Waals surface area contributed by atoms with E-state index in [1.807, 2.05) is 11.3 Å². The van der Waals surface area contributed by atoms with Gasteiger partial charge in [-0.2, -0.15) is 0 Å². The summed E-state index contributed by atoms with van der Waals surface area (Å²) in [4.78, 5) is 12.4. The molecular weight excluding hydrogens is 699 g/mol. The predicted octanol–water partition coefficient (Wildman–Crippen LogP) is 11.7. The van der Waals surface area contributed by atoms with E-state index in [9.17, 15) is 0 Å². The number of thiophene rings is 1. The highest BCUT2D eigenvalue weighted by Gasteiger charge is 2.28. The average Bonchev–Trinajstić information content (AvgIpc) is 3.82. The molecule has 0 aliphatic heterocycles. The zero-order chi connectivity index (χ0) is 36.7. The lowest BCUT2D eigenvalue weighted by molar-refractivity contribution is 0.834. The van der Waals surface area contributed by atoms with Gasteiger partial charge in [-0.1, -0.05) is 121 Å². The molecule has 268 valence electrons. The van der Waals surface area contributed by atoms with Crippen molar-refractivity contribution in [3.63, 3.8) is 0 Å². The van der Waals surface area contributed by atoms with Crippen LogP contribution in [0.25, 0.3) is 83.4 Å². The first-order valence-corrected chi connectivity index (χ1v) is 21.0. The maximum absolute atomic E-state index is 5.55. The van der Waals surface area contributed by atoms with Gasteiger partial charge < -0.3 is 0 Å². The summed E-state index contributed by atoms with van der Waals surface area (Å²) in [5.74, 6) is 0.763. The number of fused-ring (bicyclic) bond motifs is 10. The van der Waals surface area contributed by atoms with Crippen LogP contribution < -0.4 is 10.4 Å². The van der Waals surface area contributed by atoms with Crippen LogP contribution in [0.1, 0.15) is 59.5 Å². The molecule has 0 bridgehead atoms. The van der Waals surface area contributed by atoms with Gasteiger partial charge in [-0.25, -0.2) is 9.97 Å². The molecule has 0 saturated carbocycles. The third kappa shape index (κ3) is 4.95. The van der Waals surface area contributed by atoms with Crippen LogP contribution in [0.5, 0.6) is 0 Å². The molecule has 0 amide bonds. The smallest absolute Gasteiger partial charge is 0.235 e. The topological polar surface area (TPSA) is 30.7 Å². The monoisotopic (exact) mass is 737 g/mol. The van der Waals surface area contributed by atoms with Gasteiger partial charge in [0.15, 0.2) is 0 Å². The Bertz CT molecular complexity index is 3200. The Morgan fingerprint density at radius 3 is 2.43 bits per heavy atom. The minimum atomic E-state index is 0.763. The average molecular weight is 738 g/mol. The van der Waals surface area contributed by atoms with Gasteiger partial charge in [0.1, 0.15) is 0 Å². The summed E-state index contributed by atoms with van der Waals surface area (Å²) in [5.41, 5.74) is 16.8. The van der Waals surface area contributed by atoms with Crippen molar-refractivity contribution >= 4 is 66.5 Å². The van der Waals surface area contributed by atoms with Gasteiger partial charge in [-0.15, -0.1) is 11.3 Å². The Kier molecular flexibility index (Phi) is 7.31. The van der Waals surface area contributed by atoms with Gasteiger partial charge >= 0.3 is 0 Å². The Balaban J connectivity index is 1.05. The van der Waals surface area contributed by atoms with Crippen LogP contribution in [0.2, 0.25) is 0 Å². The van der Waals surface area contributed by atoms with E-state index in [-0.39, 0.29) is 0 Å². The molecule has 4 heteroatoms. The zero-order valence-electron chi connectivity index (χ0n) is 31.2. The van der Waals surface area contributed by atoms with Crippen LogP contribution in [0, 0.1) is 0 Å². The molecule has 0 unspecified atom stereocenters. The largest absolute Gasteiger partial charge is 0.282 e. The number of hydrogen-bond donors (Lipinski definition) is 0. The van der Waals surface area contributed by atoms with E-state index in [1.54, 1.807) is 0 Å². The lowest BCUT2D eigenvalue weighted by atomic mass is 9.86. The van der Waals surface area contributed by atoms with E-state index in [0.29, 0.717) is 0 Å². The minimum Gasteiger partial charge on any atom is -0.282 e. The van der Waals surface area contributed by atoms with Gasteiger partial charge in [0.25, 0.3) is 0 Å². The predicted molar refractivity (Wildman–Crippen MR) is 235 cm³/mol. The van der Waals surface area contributed by atoms with E-state index in [4.69, 9.17) is 9.97 Å². The lowest BCUT2D eigenvalue weighted by Gasteiger charge is -2.21. The van der Waals surface area contributed by atoms with Crippen LogP contribution in [-0.2, 0) is 19.3 Å². The number of rotatable bonds is 4. The molecule has 0 atom stereocenters. The number of aromatic nitrogens is 3. The van der Waals surface area contributed by atoms with Crippen LogP contribution in [0.15, 0.2) is 133 Å². The van der Waals surface area contributed by atoms with Gasteiger partial charge in [-0.05, 0) is 125 Å². The second kappa shape index (κ2) is 12.7. The van der Waals surface area contributed by atoms with Crippen molar-refractivity contribution in [2.75, 3.05) is 0 Å². The molecule has 0 saturated heterocycles. The second-order valence-electron chi connectivity index (χ2n) is 15.7.